The Kier molecular flexibility index (Phi) is 8.83. The van der Waals surface area contributed by atoms with Crippen molar-refractivity contribution < 1.29 is 0 Å². The van der Waals surface area contributed by atoms with Gasteiger partial charge in [-0.15, -0.1) is 24.0 Å². The Morgan fingerprint density at radius 1 is 1.26 bits per heavy atom. The highest BCUT2D eigenvalue weighted by molar-refractivity contribution is 14.0. The molecule has 0 atom stereocenters. The van der Waals surface area contributed by atoms with Crippen molar-refractivity contribution in [2.45, 2.75) is 32.2 Å². The van der Waals surface area contributed by atoms with Gasteiger partial charge in [0.1, 0.15) is 5.82 Å². The number of nitrogens with one attached hydrogen (secondary N) is 3. The molecule has 1 aromatic carbocycles. The smallest absolute Gasteiger partial charge is 0.191 e. The number of anilines is 1. The van der Waals surface area contributed by atoms with Crippen LogP contribution in [0.15, 0.2) is 53.8 Å². The summed E-state index contributed by atoms with van der Waals surface area (Å²) in [6.45, 7) is 5.68. The number of nitrogens with zero attached hydrogens (tertiary/aromatic N) is 3. The molecule has 0 radical (unpaired) electrons. The van der Waals surface area contributed by atoms with Gasteiger partial charge in [-0.25, -0.2) is 4.98 Å². The van der Waals surface area contributed by atoms with Gasteiger partial charge in [0.05, 0.1) is 0 Å². The van der Waals surface area contributed by atoms with E-state index in [0.29, 0.717) is 6.04 Å². The number of fused-ring (bicyclic) bond motifs is 1. The monoisotopic (exact) mass is 552 g/mol. The summed E-state index contributed by atoms with van der Waals surface area (Å²) in [6, 6.07) is 12.5. The summed E-state index contributed by atoms with van der Waals surface area (Å²) in [5.41, 5.74) is 2.36. The Hall–Kier alpha value is -2.00. The molecule has 8 heteroatoms. The maximum atomic E-state index is 6.16. The number of H-pyrrole nitrogens is 1. The van der Waals surface area contributed by atoms with Gasteiger partial charge < -0.3 is 20.5 Å². The Morgan fingerprint density at radius 3 is 2.84 bits per heavy atom. The zero-order valence-corrected chi connectivity index (χ0v) is 20.9. The van der Waals surface area contributed by atoms with Crippen LogP contribution in [0.2, 0.25) is 5.02 Å². The molecule has 0 spiro atoms. The normalized spacial score (nSPS) is 15.0. The summed E-state index contributed by atoms with van der Waals surface area (Å²) in [5.74, 6) is 1.96. The lowest BCUT2D eigenvalue weighted by molar-refractivity contribution is 0.459. The lowest BCUT2D eigenvalue weighted by Crippen LogP contribution is -2.49. The summed E-state index contributed by atoms with van der Waals surface area (Å²) in [5, 5.41) is 8.94. The predicted octanol–water partition coefficient (Wildman–Crippen LogP) is 4.60. The second-order valence-electron chi connectivity index (χ2n) is 7.61. The van der Waals surface area contributed by atoms with Gasteiger partial charge in [0.15, 0.2) is 5.96 Å². The first-order chi connectivity index (χ1) is 14.7. The van der Waals surface area contributed by atoms with Crippen molar-refractivity contribution in [3.63, 3.8) is 0 Å². The zero-order valence-electron chi connectivity index (χ0n) is 17.8. The molecule has 0 bridgehead atoms. The van der Waals surface area contributed by atoms with E-state index < -0.39 is 0 Å². The maximum Gasteiger partial charge on any atom is 0.191 e. The van der Waals surface area contributed by atoms with Crippen molar-refractivity contribution in [1.29, 1.82) is 0 Å². The van der Waals surface area contributed by atoms with Crippen molar-refractivity contribution in [2.75, 3.05) is 31.1 Å². The van der Waals surface area contributed by atoms with Crippen LogP contribution < -0.4 is 15.5 Å². The number of benzene rings is 1. The highest BCUT2D eigenvalue weighted by Crippen LogP contribution is 2.22. The molecule has 3 N–H and O–H groups in total. The summed E-state index contributed by atoms with van der Waals surface area (Å²) >= 11 is 6.16. The van der Waals surface area contributed by atoms with E-state index in [1.165, 1.54) is 10.9 Å². The quantitative estimate of drug-likeness (QED) is 0.238. The van der Waals surface area contributed by atoms with Crippen LogP contribution in [0.4, 0.5) is 5.82 Å². The van der Waals surface area contributed by atoms with Crippen LogP contribution in [0.5, 0.6) is 0 Å². The van der Waals surface area contributed by atoms with Gasteiger partial charge in [-0.05, 0) is 62.1 Å². The molecule has 1 fully saturated rings. The number of guanidine groups is 1. The van der Waals surface area contributed by atoms with E-state index >= 15 is 0 Å². The molecule has 1 aliphatic heterocycles. The number of rotatable bonds is 6. The largest absolute Gasteiger partial charge is 0.361 e. The molecule has 2 aromatic heterocycles. The topological polar surface area (TPSA) is 68.3 Å². The maximum absolute atomic E-state index is 6.16. The molecule has 4 rings (SSSR count). The molecule has 6 nitrogen and oxygen atoms in total. The van der Waals surface area contributed by atoms with E-state index in [0.717, 1.165) is 67.8 Å². The van der Waals surface area contributed by atoms with Crippen LogP contribution in [0, 0.1) is 0 Å². The number of piperidine rings is 1. The average Bonchev–Trinajstić information content (AvgIpc) is 3.17. The summed E-state index contributed by atoms with van der Waals surface area (Å²) in [6.07, 6.45) is 6.93. The minimum absolute atomic E-state index is 0. The standard InChI is InChI=1S/C23H29ClN6.HI/c1-2-25-23(27-12-8-17-16-28-21-7-6-18(24)15-20(17)21)29-19-9-13-30(14-10-19)22-5-3-4-11-26-22;/h3-7,11,15-16,19,28H,2,8-10,12-14H2,1H3,(H2,25,27,29);1H. The van der Waals surface area contributed by atoms with E-state index in [1.807, 2.05) is 36.5 Å². The lowest BCUT2D eigenvalue weighted by Gasteiger charge is -2.33. The fraction of sp³-hybridized carbons (Fsp3) is 0.391. The SMILES string of the molecule is CCNC(=NCCc1c[nH]c2ccc(Cl)cc12)NC1CCN(c2ccccn2)CC1.I. The fourth-order valence-electron chi connectivity index (χ4n) is 3.95. The molecule has 3 heterocycles. The highest BCUT2D eigenvalue weighted by atomic mass is 127. The third-order valence-electron chi connectivity index (χ3n) is 5.53. The average molecular weight is 553 g/mol. The summed E-state index contributed by atoms with van der Waals surface area (Å²) < 4.78 is 0. The van der Waals surface area contributed by atoms with Crippen LogP contribution >= 0.6 is 35.6 Å². The van der Waals surface area contributed by atoms with Crippen molar-refractivity contribution in [3.8, 4) is 0 Å². The first kappa shape index (κ1) is 23.7. The lowest BCUT2D eigenvalue weighted by atomic mass is 10.1. The molecule has 0 unspecified atom stereocenters. The molecule has 0 amide bonds. The molecule has 0 saturated carbocycles. The van der Waals surface area contributed by atoms with Gasteiger partial charge in [0, 0.05) is 60.5 Å². The molecule has 1 aliphatic rings. The van der Waals surface area contributed by atoms with Crippen molar-refractivity contribution in [1.82, 2.24) is 20.6 Å². The third-order valence-corrected chi connectivity index (χ3v) is 5.77. The van der Waals surface area contributed by atoms with Gasteiger partial charge in [-0.1, -0.05) is 17.7 Å². The van der Waals surface area contributed by atoms with Crippen LogP contribution in [-0.2, 0) is 6.42 Å². The Bertz CT molecular complexity index is 982. The van der Waals surface area contributed by atoms with Crippen molar-refractivity contribution in [3.05, 3.63) is 59.4 Å². The minimum Gasteiger partial charge on any atom is -0.361 e. The Balaban J connectivity index is 0.00000272. The first-order valence-corrected chi connectivity index (χ1v) is 11.1. The molecular formula is C23H30ClIN6. The number of aliphatic imine (C=N–C) groups is 1. The number of aromatic nitrogens is 2. The third kappa shape index (κ3) is 6.26. The second kappa shape index (κ2) is 11.6. The number of hydrogen-bond acceptors (Lipinski definition) is 3. The molecule has 3 aromatic rings. The fourth-order valence-corrected chi connectivity index (χ4v) is 4.12. The minimum atomic E-state index is 0. The van der Waals surface area contributed by atoms with Gasteiger partial charge >= 0.3 is 0 Å². The molecule has 0 aliphatic carbocycles. The number of pyridine rings is 1. The summed E-state index contributed by atoms with van der Waals surface area (Å²) in [7, 11) is 0. The Morgan fingerprint density at radius 2 is 2.10 bits per heavy atom. The molecular weight excluding hydrogens is 523 g/mol. The predicted molar refractivity (Wildman–Crippen MR) is 141 cm³/mol. The second-order valence-corrected chi connectivity index (χ2v) is 8.04. The van der Waals surface area contributed by atoms with Gasteiger partial charge in [-0.3, -0.25) is 4.99 Å². The molecule has 31 heavy (non-hydrogen) atoms. The van der Waals surface area contributed by atoms with Crippen LogP contribution in [-0.4, -0.2) is 48.1 Å². The van der Waals surface area contributed by atoms with Gasteiger partial charge in [-0.2, -0.15) is 0 Å². The zero-order chi connectivity index (χ0) is 20.8. The number of hydrogen-bond donors (Lipinski definition) is 3. The number of aromatic amines is 1. The number of halogens is 2. The summed E-state index contributed by atoms with van der Waals surface area (Å²) in [4.78, 5) is 14.9. The van der Waals surface area contributed by atoms with E-state index in [2.05, 4.69) is 44.7 Å². The van der Waals surface area contributed by atoms with E-state index in [4.69, 9.17) is 16.6 Å². The van der Waals surface area contributed by atoms with Crippen molar-refractivity contribution >= 4 is 58.3 Å². The van der Waals surface area contributed by atoms with Crippen molar-refractivity contribution in [2.24, 2.45) is 4.99 Å². The van der Waals surface area contributed by atoms with E-state index in [-0.39, 0.29) is 24.0 Å². The van der Waals surface area contributed by atoms with Crippen LogP contribution in [0.1, 0.15) is 25.3 Å². The first-order valence-electron chi connectivity index (χ1n) is 10.7. The van der Waals surface area contributed by atoms with Gasteiger partial charge in [0.25, 0.3) is 0 Å². The van der Waals surface area contributed by atoms with E-state index in [9.17, 15) is 0 Å². The van der Waals surface area contributed by atoms with Crippen LogP contribution in [0.25, 0.3) is 10.9 Å². The van der Waals surface area contributed by atoms with Gasteiger partial charge in [0.2, 0.25) is 0 Å². The molecule has 166 valence electrons. The Labute approximate surface area is 205 Å². The highest BCUT2D eigenvalue weighted by Gasteiger charge is 2.20. The van der Waals surface area contributed by atoms with E-state index in [1.54, 1.807) is 0 Å². The van der Waals surface area contributed by atoms with Crippen LogP contribution in [0.3, 0.4) is 0 Å². The molecule has 1 saturated heterocycles.